The molecule has 21 heteroatoms. The molecule has 12 N–H and O–H groups in total. The molecule has 43 heavy (non-hydrogen) atoms. The smallest absolute Gasteiger partial charge is 0.326 e. The third-order valence-corrected chi connectivity index (χ3v) is 5.30. The number of hydrogen-bond donors (Lipinski definition) is 11. The molecule has 0 unspecified atom stereocenters. The second-order valence-corrected chi connectivity index (χ2v) is 8.85. The van der Waals surface area contributed by atoms with E-state index in [1.165, 1.54) is 0 Å². The molecule has 0 aliphatic heterocycles. The molecule has 0 aromatic heterocycles. The fraction of sp³-hybridized carbons (Fsp3) is 0.545. The van der Waals surface area contributed by atoms with Crippen LogP contribution >= 0.6 is 0 Å². The maximum atomic E-state index is 12.9. The fourth-order valence-corrected chi connectivity index (χ4v) is 3.21. The van der Waals surface area contributed by atoms with Crippen LogP contribution in [0.2, 0.25) is 0 Å². The minimum absolute atomic E-state index is 0.627. The molecule has 0 aliphatic rings. The summed E-state index contributed by atoms with van der Waals surface area (Å²) in [5, 5.41) is 61.5. The topological polar surface area (TPSA) is 366 Å². The molecule has 0 rings (SSSR count). The van der Waals surface area contributed by atoms with Gasteiger partial charge in [-0.1, -0.05) is 0 Å². The van der Waals surface area contributed by atoms with Crippen molar-refractivity contribution in [3.63, 3.8) is 0 Å². The van der Waals surface area contributed by atoms with Crippen molar-refractivity contribution in [3.8, 4) is 0 Å². The van der Waals surface area contributed by atoms with Crippen LogP contribution in [0.25, 0.3) is 0 Å². The second-order valence-electron chi connectivity index (χ2n) is 8.85. The van der Waals surface area contributed by atoms with Gasteiger partial charge in [-0.15, -0.1) is 0 Å². The molecule has 21 nitrogen and oxygen atoms in total. The molecule has 240 valence electrons. The molecule has 0 saturated heterocycles. The Morgan fingerprint density at radius 2 is 0.767 bits per heavy atom. The predicted octanol–water partition coefficient (Wildman–Crippen LogP) is -4.51. The molecule has 0 aliphatic carbocycles. The molecule has 5 atom stereocenters. The van der Waals surface area contributed by atoms with Crippen LogP contribution in [0, 0.1) is 0 Å². The van der Waals surface area contributed by atoms with Gasteiger partial charge in [0.25, 0.3) is 0 Å². The van der Waals surface area contributed by atoms with Crippen molar-refractivity contribution in [2.45, 2.75) is 75.2 Å². The summed E-state index contributed by atoms with van der Waals surface area (Å²) in [6, 6.07) is -9.37. The first-order valence-electron chi connectivity index (χ1n) is 12.1. The number of nitrogens with one attached hydrogen (secondary N) is 4. The second kappa shape index (κ2) is 18.2. The zero-order valence-electron chi connectivity index (χ0n) is 22.2. The van der Waals surface area contributed by atoms with Gasteiger partial charge in [0.15, 0.2) is 0 Å². The largest absolute Gasteiger partial charge is 0.481 e. The summed E-state index contributed by atoms with van der Waals surface area (Å²) in [5.74, 6) is -14.8. The zero-order chi connectivity index (χ0) is 33.4. The van der Waals surface area contributed by atoms with E-state index in [2.05, 4.69) is 0 Å². The average molecular weight is 622 g/mol. The third-order valence-electron chi connectivity index (χ3n) is 5.30. The molecule has 0 saturated carbocycles. The Morgan fingerprint density at radius 3 is 1.14 bits per heavy atom. The van der Waals surface area contributed by atoms with Crippen LogP contribution in [-0.4, -0.2) is 120 Å². The van der Waals surface area contributed by atoms with Crippen molar-refractivity contribution in [3.05, 3.63) is 0 Å². The van der Waals surface area contributed by atoms with Gasteiger partial charge in [-0.3, -0.25) is 43.2 Å². The highest BCUT2D eigenvalue weighted by molar-refractivity contribution is 5.97. The summed E-state index contributed by atoms with van der Waals surface area (Å²) in [6.45, 7) is 0. The number of rotatable bonds is 21. The van der Waals surface area contributed by atoms with Crippen molar-refractivity contribution in [2.24, 2.45) is 5.73 Å². The lowest BCUT2D eigenvalue weighted by Crippen LogP contribution is -2.59. The molecule has 0 fully saturated rings. The van der Waals surface area contributed by atoms with Crippen molar-refractivity contribution >= 4 is 59.4 Å². The van der Waals surface area contributed by atoms with Crippen molar-refractivity contribution in [2.75, 3.05) is 0 Å². The van der Waals surface area contributed by atoms with E-state index in [9.17, 15) is 53.1 Å². The summed E-state index contributed by atoms with van der Waals surface area (Å²) in [6.07, 6.45) is -5.99. The highest BCUT2D eigenvalue weighted by Gasteiger charge is 2.33. The summed E-state index contributed by atoms with van der Waals surface area (Å²) in [7, 11) is 0. The molecule has 0 heterocycles. The first-order valence-corrected chi connectivity index (χ1v) is 12.1. The van der Waals surface area contributed by atoms with E-state index < -0.39 is 135 Å². The van der Waals surface area contributed by atoms with Gasteiger partial charge in [0.05, 0.1) is 25.3 Å². The zero-order valence-corrected chi connectivity index (χ0v) is 22.2. The number of carboxylic acid groups (broad SMARTS) is 6. The summed E-state index contributed by atoms with van der Waals surface area (Å²) in [4.78, 5) is 117. The minimum Gasteiger partial charge on any atom is -0.481 e. The van der Waals surface area contributed by atoms with Crippen molar-refractivity contribution in [1.82, 2.24) is 21.3 Å². The number of carbonyl (C=O) groups excluding carboxylic acids is 4. The Bertz CT molecular complexity index is 1120. The van der Waals surface area contributed by atoms with E-state index in [-0.39, 0.29) is 0 Å². The quantitative estimate of drug-likeness (QED) is 0.0575. The number of amides is 4. The lowest BCUT2D eigenvalue weighted by Gasteiger charge is -2.25. The van der Waals surface area contributed by atoms with E-state index in [1.807, 2.05) is 16.0 Å². The van der Waals surface area contributed by atoms with Gasteiger partial charge >= 0.3 is 35.8 Å². The van der Waals surface area contributed by atoms with Crippen LogP contribution in [0.4, 0.5) is 0 Å². The maximum absolute atomic E-state index is 12.9. The number of aliphatic carboxylic acids is 6. The maximum Gasteiger partial charge on any atom is 0.326 e. The summed E-state index contributed by atoms with van der Waals surface area (Å²) in [5.41, 5.74) is 5.42. The average Bonchev–Trinajstić information content (AvgIpc) is 2.86. The lowest BCUT2D eigenvalue weighted by molar-refractivity contribution is -0.147. The van der Waals surface area contributed by atoms with E-state index in [4.69, 9.17) is 31.3 Å². The van der Waals surface area contributed by atoms with Gasteiger partial charge in [0.2, 0.25) is 23.6 Å². The molecular formula is C22H31N5O16. The van der Waals surface area contributed by atoms with Crippen molar-refractivity contribution in [1.29, 1.82) is 0 Å². The molecule has 4 amide bonds. The molecule has 0 aromatic carbocycles. The molecular weight excluding hydrogens is 590 g/mol. The van der Waals surface area contributed by atoms with Crippen LogP contribution < -0.4 is 27.0 Å². The minimum atomic E-state index is -2.05. The predicted molar refractivity (Wildman–Crippen MR) is 134 cm³/mol. The Kier molecular flexibility index (Phi) is 15.9. The number of carboxylic acids is 6. The van der Waals surface area contributed by atoms with Gasteiger partial charge in [-0.05, 0) is 12.8 Å². The van der Waals surface area contributed by atoms with Crippen LogP contribution in [0.5, 0.6) is 0 Å². The van der Waals surface area contributed by atoms with Gasteiger partial charge in [0, 0.05) is 12.8 Å². The molecule has 0 spiro atoms. The SMILES string of the molecule is N[C@@H](CC(=O)O)C(=O)N[C@@H](CCC(=O)O)C(=O)N[C@@H](CC(=O)O)C(=O)N[C@@H](CCC(=O)O)C(=O)N[C@@H](CC(=O)O)C(=O)O. The van der Waals surface area contributed by atoms with Gasteiger partial charge in [-0.25, -0.2) is 4.79 Å². The summed E-state index contributed by atoms with van der Waals surface area (Å²) >= 11 is 0. The number of nitrogens with two attached hydrogens (primary N) is 1. The van der Waals surface area contributed by atoms with Crippen LogP contribution in [0.1, 0.15) is 44.9 Å². The standard InChI is InChI=1S/C22H31N5O16/c23-8(5-15(32)33)18(38)24-9(1-3-13(28)29)19(39)26-11(6-16(34)35)21(41)25-10(2-4-14(30)31)20(40)27-12(22(42)43)7-17(36)37/h8-12H,1-7,23H2,(H,24,38)(H,25,41)(H,26,39)(H,27,40)(H,28,29)(H,30,31)(H,32,33)(H,34,35)(H,36,37)(H,42,43)/t8-,9-,10-,11-,12-/m0/s1. The Hall–Kier alpha value is -5.34. The highest BCUT2D eigenvalue weighted by atomic mass is 16.4. The Labute approximate surface area is 240 Å². The van der Waals surface area contributed by atoms with E-state index in [1.54, 1.807) is 5.32 Å². The lowest BCUT2D eigenvalue weighted by atomic mass is 10.1. The summed E-state index contributed by atoms with van der Waals surface area (Å²) < 4.78 is 0. The number of carbonyl (C=O) groups is 10. The van der Waals surface area contributed by atoms with Crippen LogP contribution in [0.3, 0.4) is 0 Å². The first-order chi connectivity index (χ1) is 19.8. The fourth-order valence-electron chi connectivity index (χ4n) is 3.21. The Morgan fingerprint density at radius 1 is 0.442 bits per heavy atom. The van der Waals surface area contributed by atoms with Crippen LogP contribution in [0.15, 0.2) is 0 Å². The third kappa shape index (κ3) is 15.9. The van der Waals surface area contributed by atoms with E-state index >= 15 is 0 Å². The van der Waals surface area contributed by atoms with Gasteiger partial charge in [-0.2, -0.15) is 0 Å². The van der Waals surface area contributed by atoms with Gasteiger partial charge < -0.3 is 57.6 Å². The van der Waals surface area contributed by atoms with Gasteiger partial charge in [0.1, 0.15) is 24.2 Å². The molecule has 0 aromatic rings. The van der Waals surface area contributed by atoms with Crippen LogP contribution in [-0.2, 0) is 47.9 Å². The van der Waals surface area contributed by atoms with E-state index in [0.29, 0.717) is 0 Å². The van der Waals surface area contributed by atoms with Crippen molar-refractivity contribution < 1.29 is 78.6 Å². The number of hydrogen-bond acceptors (Lipinski definition) is 11. The first kappa shape index (κ1) is 37.7. The highest BCUT2D eigenvalue weighted by Crippen LogP contribution is 2.06. The molecule has 0 bridgehead atoms. The van der Waals surface area contributed by atoms with E-state index in [0.717, 1.165) is 0 Å². The monoisotopic (exact) mass is 621 g/mol. The Balaban J connectivity index is 6.02. The molecule has 0 radical (unpaired) electrons. The normalized spacial score (nSPS) is 14.0.